The Morgan fingerprint density at radius 3 is 2.42 bits per heavy atom. The summed E-state index contributed by atoms with van der Waals surface area (Å²) in [6.07, 6.45) is 5.55. The predicted molar refractivity (Wildman–Crippen MR) is 138 cm³/mol. The Hall–Kier alpha value is -3.52. The molecule has 0 bridgehead atoms. The summed E-state index contributed by atoms with van der Waals surface area (Å²) >= 11 is 0. The van der Waals surface area contributed by atoms with Crippen molar-refractivity contribution in [3.8, 4) is 11.6 Å². The van der Waals surface area contributed by atoms with E-state index in [0.717, 1.165) is 23.1 Å². The van der Waals surface area contributed by atoms with Gasteiger partial charge in [0.05, 0.1) is 11.8 Å². The molecule has 1 amide bonds. The molecule has 1 aliphatic heterocycles. The van der Waals surface area contributed by atoms with Crippen LogP contribution in [-0.4, -0.2) is 49.6 Å². The fraction of sp³-hybridized carbons (Fsp3) is 0.429. The van der Waals surface area contributed by atoms with Crippen molar-refractivity contribution in [2.45, 2.75) is 65.6 Å². The summed E-state index contributed by atoms with van der Waals surface area (Å²) in [5.74, 6) is -0.628. The van der Waals surface area contributed by atoms with Crippen LogP contribution in [0.2, 0.25) is 0 Å². The smallest absolute Gasteiger partial charge is 0.275 e. The fourth-order valence-electron chi connectivity index (χ4n) is 4.82. The first kappa shape index (κ1) is 25.6. The summed E-state index contributed by atoms with van der Waals surface area (Å²) in [5.41, 5.74) is 2.88. The van der Waals surface area contributed by atoms with Crippen LogP contribution < -0.4 is 5.56 Å². The molecule has 1 saturated heterocycles. The second kappa shape index (κ2) is 11.0. The van der Waals surface area contributed by atoms with Crippen LogP contribution in [0, 0.1) is 0 Å². The van der Waals surface area contributed by atoms with E-state index in [1.807, 2.05) is 58.0 Å². The highest BCUT2D eigenvalue weighted by Gasteiger charge is 2.33. The van der Waals surface area contributed by atoms with Crippen molar-refractivity contribution >= 4 is 5.91 Å². The minimum atomic E-state index is -0.571. The van der Waals surface area contributed by atoms with E-state index >= 15 is 0 Å². The van der Waals surface area contributed by atoms with Gasteiger partial charge in [-0.25, -0.2) is 0 Å². The molecule has 1 atom stereocenters. The number of aromatic hydroxyl groups is 1. The number of rotatable bonds is 8. The molecule has 1 aromatic carbocycles. The molecule has 0 saturated carbocycles. The highest BCUT2D eigenvalue weighted by Crippen LogP contribution is 2.29. The highest BCUT2D eigenvalue weighted by molar-refractivity contribution is 5.96. The van der Waals surface area contributed by atoms with Crippen molar-refractivity contribution in [2.24, 2.45) is 0 Å². The molecule has 1 unspecified atom stereocenters. The van der Waals surface area contributed by atoms with E-state index in [2.05, 4.69) is 9.97 Å². The number of para-hydroxylation sites is 1. The van der Waals surface area contributed by atoms with E-state index in [1.165, 1.54) is 4.57 Å². The molecule has 1 aliphatic rings. The Morgan fingerprint density at radius 1 is 1.14 bits per heavy atom. The van der Waals surface area contributed by atoms with Gasteiger partial charge in [-0.1, -0.05) is 32.0 Å². The number of benzene rings is 1. The van der Waals surface area contributed by atoms with Crippen LogP contribution in [0.1, 0.15) is 72.9 Å². The van der Waals surface area contributed by atoms with E-state index in [-0.39, 0.29) is 30.0 Å². The van der Waals surface area contributed by atoms with Crippen molar-refractivity contribution in [3.05, 3.63) is 81.2 Å². The Labute approximate surface area is 211 Å². The molecule has 2 aromatic heterocycles. The molecule has 190 valence electrons. The van der Waals surface area contributed by atoms with Gasteiger partial charge in [-0.15, -0.1) is 0 Å². The first-order valence-corrected chi connectivity index (χ1v) is 12.6. The maximum atomic E-state index is 14.0. The molecule has 0 spiro atoms. The van der Waals surface area contributed by atoms with Gasteiger partial charge in [0.1, 0.15) is 12.4 Å². The highest BCUT2D eigenvalue weighted by atomic mass is 16.5. The number of carbonyl (C=O) groups excluding carboxylic acids is 1. The lowest BCUT2D eigenvalue weighted by atomic mass is 10.00. The molecule has 1 N–H and O–H groups in total. The van der Waals surface area contributed by atoms with Crippen molar-refractivity contribution in [2.75, 3.05) is 13.1 Å². The van der Waals surface area contributed by atoms with Crippen molar-refractivity contribution in [1.82, 2.24) is 19.4 Å². The Kier molecular flexibility index (Phi) is 7.84. The van der Waals surface area contributed by atoms with Gasteiger partial charge in [-0.2, -0.15) is 4.98 Å². The van der Waals surface area contributed by atoms with Gasteiger partial charge >= 0.3 is 0 Å². The monoisotopic (exact) mass is 490 g/mol. The summed E-state index contributed by atoms with van der Waals surface area (Å²) in [7, 11) is 0. The summed E-state index contributed by atoms with van der Waals surface area (Å²) in [6, 6.07) is 9.81. The van der Waals surface area contributed by atoms with Gasteiger partial charge in [0, 0.05) is 31.4 Å². The van der Waals surface area contributed by atoms with Gasteiger partial charge in [-0.05, 0) is 61.9 Å². The predicted octanol–water partition coefficient (Wildman–Crippen LogP) is 4.01. The molecule has 3 aromatic rings. The summed E-state index contributed by atoms with van der Waals surface area (Å²) in [6.45, 7) is 8.83. The van der Waals surface area contributed by atoms with E-state index < -0.39 is 17.3 Å². The number of likely N-dealkylation sites (tertiary alicyclic amines) is 1. The Bertz CT molecular complexity index is 1260. The lowest BCUT2D eigenvalue weighted by Gasteiger charge is -2.22. The quantitative estimate of drug-likeness (QED) is 0.512. The first-order valence-electron chi connectivity index (χ1n) is 12.6. The average Bonchev–Trinajstić information content (AvgIpc) is 3.38. The minimum absolute atomic E-state index is 0.0317. The van der Waals surface area contributed by atoms with Crippen LogP contribution in [0.3, 0.4) is 0 Å². The number of amides is 1. The van der Waals surface area contributed by atoms with E-state index in [0.29, 0.717) is 31.6 Å². The topological polar surface area (TPSA) is 97.5 Å². The summed E-state index contributed by atoms with van der Waals surface area (Å²) in [5, 5.41) is 10.8. The van der Waals surface area contributed by atoms with Gasteiger partial charge in [0.25, 0.3) is 11.5 Å². The average molecular weight is 491 g/mol. The van der Waals surface area contributed by atoms with Crippen LogP contribution in [0.15, 0.2) is 47.5 Å². The van der Waals surface area contributed by atoms with Crippen molar-refractivity contribution in [3.63, 3.8) is 0 Å². The molecule has 3 heterocycles. The maximum Gasteiger partial charge on any atom is 0.275 e. The third-order valence-corrected chi connectivity index (χ3v) is 6.73. The molecular weight excluding hydrogens is 456 g/mol. The molecule has 0 radical (unpaired) electrons. The molecule has 8 nitrogen and oxygen atoms in total. The van der Waals surface area contributed by atoms with Crippen molar-refractivity contribution in [1.29, 1.82) is 0 Å². The number of nitrogens with zero attached hydrogens (tertiary/aromatic N) is 4. The third kappa shape index (κ3) is 5.04. The zero-order valence-corrected chi connectivity index (χ0v) is 21.4. The molecule has 8 heteroatoms. The maximum absolute atomic E-state index is 14.0. The van der Waals surface area contributed by atoms with Crippen LogP contribution in [0.4, 0.5) is 0 Å². The second-order valence-corrected chi connectivity index (χ2v) is 9.38. The first-order chi connectivity index (χ1) is 17.3. The van der Waals surface area contributed by atoms with E-state index in [9.17, 15) is 14.7 Å². The van der Waals surface area contributed by atoms with E-state index in [4.69, 9.17) is 4.74 Å². The Morgan fingerprint density at radius 2 is 1.81 bits per heavy atom. The van der Waals surface area contributed by atoms with Gasteiger partial charge in [0.15, 0.2) is 5.56 Å². The zero-order valence-electron chi connectivity index (χ0n) is 21.4. The van der Waals surface area contributed by atoms with Crippen LogP contribution in [0.25, 0.3) is 5.69 Å². The Balaban J connectivity index is 1.81. The van der Waals surface area contributed by atoms with Crippen LogP contribution in [0.5, 0.6) is 5.88 Å². The molecule has 36 heavy (non-hydrogen) atoms. The number of hydrogen-bond acceptors (Lipinski definition) is 6. The van der Waals surface area contributed by atoms with E-state index in [1.54, 1.807) is 17.3 Å². The number of aromatic nitrogens is 3. The fourth-order valence-corrected chi connectivity index (χ4v) is 4.82. The number of carbonyl (C=O) groups is 1. The second-order valence-electron chi connectivity index (χ2n) is 9.38. The zero-order chi connectivity index (χ0) is 25.8. The molecular formula is C28H34N4O4. The van der Waals surface area contributed by atoms with Gasteiger partial charge < -0.3 is 14.7 Å². The lowest BCUT2D eigenvalue weighted by molar-refractivity contribution is 0.0592. The molecule has 1 fully saturated rings. The van der Waals surface area contributed by atoms with Crippen molar-refractivity contribution < 1.29 is 14.6 Å². The standard InChI is InChI=1S/C28H34N4O4/c1-5-19-8-7-9-20(6-2)25(19)32-23(17-36-18(3)4)30-26(33)24(28(32)35)27(34)31-15-12-22(16-31)21-10-13-29-14-11-21/h7-11,13-14,18,22,33H,5-6,12,15-17H2,1-4H3. The SMILES string of the molecule is CCc1cccc(CC)c1-n1c(COC(C)C)nc(O)c(C(=O)N2CCC(c3ccncc3)C2)c1=O. The number of aryl methyl sites for hydroxylation is 2. The number of hydrogen-bond donors (Lipinski definition) is 1. The lowest BCUT2D eigenvalue weighted by Crippen LogP contribution is -2.37. The number of pyridine rings is 1. The summed E-state index contributed by atoms with van der Waals surface area (Å²) < 4.78 is 7.25. The largest absolute Gasteiger partial charge is 0.493 e. The third-order valence-electron chi connectivity index (χ3n) is 6.73. The van der Waals surface area contributed by atoms with Gasteiger partial charge in [0.2, 0.25) is 5.88 Å². The van der Waals surface area contributed by atoms with Crippen LogP contribution >= 0.6 is 0 Å². The number of ether oxygens (including phenoxy) is 1. The van der Waals surface area contributed by atoms with Gasteiger partial charge in [-0.3, -0.25) is 19.1 Å². The summed E-state index contributed by atoms with van der Waals surface area (Å²) in [4.78, 5) is 37.6. The normalized spacial score (nSPS) is 15.6. The molecule has 4 rings (SSSR count). The molecule has 0 aliphatic carbocycles. The van der Waals surface area contributed by atoms with Crippen LogP contribution in [-0.2, 0) is 24.2 Å². The minimum Gasteiger partial charge on any atom is -0.493 e.